The van der Waals surface area contributed by atoms with E-state index in [1.807, 2.05) is 0 Å². The Hall–Kier alpha value is -2.30. The van der Waals surface area contributed by atoms with Gasteiger partial charge < -0.3 is 25.0 Å². The Bertz CT molecular complexity index is 908. The van der Waals surface area contributed by atoms with E-state index in [2.05, 4.69) is 56.5 Å². The second-order valence-electron chi connectivity index (χ2n) is 7.67. The van der Waals surface area contributed by atoms with Crippen LogP contribution in [0.25, 0.3) is 0 Å². The summed E-state index contributed by atoms with van der Waals surface area (Å²) in [7, 11) is 1.72. The summed E-state index contributed by atoms with van der Waals surface area (Å²) in [6.07, 6.45) is 2.49. The second kappa shape index (κ2) is 13.4. The molecule has 0 aromatic heterocycles. The number of guanidine groups is 1. The minimum absolute atomic E-state index is 0. The first-order chi connectivity index (χ1) is 15.5. The monoisotopic (exact) mass is 574 g/mol. The summed E-state index contributed by atoms with van der Waals surface area (Å²) in [6, 6.07) is 13.6. The van der Waals surface area contributed by atoms with Crippen LogP contribution in [0.4, 0.5) is 14.5 Å². The maximum atomic E-state index is 12.6. The van der Waals surface area contributed by atoms with Gasteiger partial charge in [-0.3, -0.25) is 4.99 Å². The highest BCUT2D eigenvalue weighted by molar-refractivity contribution is 14.0. The lowest BCUT2D eigenvalue weighted by molar-refractivity contribution is -0.0514. The van der Waals surface area contributed by atoms with Crippen LogP contribution >= 0.6 is 24.0 Å². The molecule has 3 rings (SSSR count). The predicted octanol–water partition coefficient (Wildman–Crippen LogP) is 5.33. The van der Waals surface area contributed by atoms with Crippen molar-refractivity contribution in [2.75, 3.05) is 31.6 Å². The molecular weight excluding hydrogens is 541 g/mol. The number of rotatable bonds is 9. The van der Waals surface area contributed by atoms with Gasteiger partial charge in [-0.05, 0) is 62.1 Å². The number of benzene rings is 2. The molecule has 2 aromatic rings. The molecule has 0 spiro atoms. The largest absolute Gasteiger partial charge is 0.490 e. The van der Waals surface area contributed by atoms with Gasteiger partial charge in [-0.25, -0.2) is 0 Å². The van der Waals surface area contributed by atoms with Crippen LogP contribution in [0.1, 0.15) is 43.9 Å². The molecule has 1 saturated heterocycles. The first-order valence-electron chi connectivity index (χ1n) is 11.0. The van der Waals surface area contributed by atoms with Gasteiger partial charge in [0.05, 0.1) is 12.6 Å². The highest BCUT2D eigenvalue weighted by Crippen LogP contribution is 2.30. The molecule has 1 unspecified atom stereocenters. The number of anilines is 1. The summed E-state index contributed by atoms with van der Waals surface area (Å²) in [5.74, 6) is 0.969. The normalized spacial score (nSPS) is 14.6. The first-order valence-corrected chi connectivity index (χ1v) is 11.0. The fraction of sp³-hybridized carbons (Fsp3) is 0.458. The van der Waals surface area contributed by atoms with Gasteiger partial charge in [0.15, 0.2) is 17.5 Å². The predicted molar refractivity (Wildman–Crippen MR) is 139 cm³/mol. The van der Waals surface area contributed by atoms with Crippen molar-refractivity contribution in [2.45, 2.75) is 45.9 Å². The molecular formula is C24H33F2IN4O2. The van der Waals surface area contributed by atoms with Crippen LogP contribution in [0.3, 0.4) is 0 Å². The summed E-state index contributed by atoms with van der Waals surface area (Å²) < 4.78 is 35.2. The summed E-state index contributed by atoms with van der Waals surface area (Å²) in [5, 5.41) is 6.68. The number of hydrogen-bond acceptors (Lipinski definition) is 4. The van der Waals surface area contributed by atoms with E-state index in [4.69, 9.17) is 4.74 Å². The maximum absolute atomic E-state index is 12.6. The van der Waals surface area contributed by atoms with E-state index < -0.39 is 6.61 Å². The summed E-state index contributed by atoms with van der Waals surface area (Å²) in [6.45, 7) is 4.02. The molecule has 0 bridgehead atoms. The van der Waals surface area contributed by atoms with E-state index in [1.54, 1.807) is 26.1 Å². The molecule has 2 aromatic carbocycles. The van der Waals surface area contributed by atoms with Crippen molar-refractivity contribution in [3.05, 3.63) is 53.6 Å². The third-order valence-electron chi connectivity index (χ3n) is 5.40. The fourth-order valence-corrected chi connectivity index (χ4v) is 3.76. The molecule has 33 heavy (non-hydrogen) atoms. The van der Waals surface area contributed by atoms with Crippen LogP contribution in [0, 0.1) is 0 Å². The fourth-order valence-electron chi connectivity index (χ4n) is 3.76. The zero-order valence-corrected chi connectivity index (χ0v) is 21.6. The lowest BCUT2D eigenvalue weighted by Crippen LogP contribution is -2.38. The van der Waals surface area contributed by atoms with E-state index in [-0.39, 0.29) is 35.8 Å². The molecule has 1 atom stereocenters. The van der Waals surface area contributed by atoms with Crippen molar-refractivity contribution < 1.29 is 18.3 Å². The minimum atomic E-state index is -2.90. The number of hydrogen-bond donors (Lipinski definition) is 2. The van der Waals surface area contributed by atoms with Crippen LogP contribution in [-0.2, 0) is 6.54 Å². The zero-order valence-electron chi connectivity index (χ0n) is 19.3. The van der Waals surface area contributed by atoms with Crippen molar-refractivity contribution in [1.82, 2.24) is 10.6 Å². The Labute approximate surface area is 211 Å². The quantitative estimate of drug-likeness (QED) is 0.241. The van der Waals surface area contributed by atoms with Crippen molar-refractivity contribution in [3.63, 3.8) is 0 Å². The Morgan fingerprint density at radius 2 is 1.88 bits per heavy atom. The van der Waals surface area contributed by atoms with Crippen LogP contribution < -0.4 is 25.0 Å². The SMILES string of the molecule is CCOc1cc(CNC(=NC)NC(C)c2cccc(N3CCCC3)c2)ccc1OC(F)F.I. The van der Waals surface area contributed by atoms with Gasteiger partial charge in [0.25, 0.3) is 0 Å². The van der Waals surface area contributed by atoms with Gasteiger partial charge in [-0.15, -0.1) is 24.0 Å². The van der Waals surface area contributed by atoms with Crippen molar-refractivity contribution >= 4 is 35.6 Å². The first kappa shape index (κ1) is 26.9. The third kappa shape index (κ3) is 7.90. The van der Waals surface area contributed by atoms with Gasteiger partial charge in [-0.1, -0.05) is 18.2 Å². The van der Waals surface area contributed by atoms with Crippen LogP contribution in [-0.4, -0.2) is 39.3 Å². The molecule has 9 heteroatoms. The number of ether oxygens (including phenoxy) is 2. The molecule has 0 saturated carbocycles. The van der Waals surface area contributed by atoms with E-state index >= 15 is 0 Å². The van der Waals surface area contributed by atoms with Gasteiger partial charge in [-0.2, -0.15) is 8.78 Å². The Balaban J connectivity index is 0.00000385. The van der Waals surface area contributed by atoms with Crippen molar-refractivity contribution in [1.29, 1.82) is 0 Å². The smallest absolute Gasteiger partial charge is 0.387 e. The molecule has 2 N–H and O–H groups in total. The van der Waals surface area contributed by atoms with E-state index in [1.165, 1.54) is 30.2 Å². The average Bonchev–Trinajstić information content (AvgIpc) is 3.33. The van der Waals surface area contributed by atoms with Crippen molar-refractivity contribution in [2.24, 2.45) is 4.99 Å². The number of alkyl halides is 2. The zero-order chi connectivity index (χ0) is 22.9. The van der Waals surface area contributed by atoms with Gasteiger partial charge in [0.1, 0.15) is 0 Å². The third-order valence-corrected chi connectivity index (χ3v) is 5.40. The van der Waals surface area contributed by atoms with Gasteiger partial charge >= 0.3 is 6.61 Å². The molecule has 0 radical (unpaired) electrons. The Kier molecular flexibility index (Phi) is 11.0. The topological polar surface area (TPSA) is 58.1 Å². The number of nitrogens with one attached hydrogen (secondary N) is 2. The maximum Gasteiger partial charge on any atom is 0.387 e. The number of halogens is 3. The summed E-state index contributed by atoms with van der Waals surface area (Å²) in [5.41, 5.74) is 3.30. The van der Waals surface area contributed by atoms with E-state index in [0.29, 0.717) is 24.9 Å². The molecule has 6 nitrogen and oxygen atoms in total. The summed E-state index contributed by atoms with van der Waals surface area (Å²) >= 11 is 0. The minimum Gasteiger partial charge on any atom is -0.490 e. The lowest BCUT2D eigenvalue weighted by atomic mass is 10.1. The molecule has 0 amide bonds. The van der Waals surface area contributed by atoms with E-state index in [9.17, 15) is 8.78 Å². The second-order valence-corrected chi connectivity index (χ2v) is 7.67. The lowest BCUT2D eigenvalue weighted by Gasteiger charge is -2.22. The summed E-state index contributed by atoms with van der Waals surface area (Å²) in [4.78, 5) is 6.73. The molecule has 0 aliphatic carbocycles. The molecule has 1 aliphatic rings. The molecule has 1 aliphatic heterocycles. The molecule has 1 fully saturated rings. The van der Waals surface area contributed by atoms with E-state index in [0.717, 1.165) is 18.7 Å². The standard InChI is InChI=1S/C24H32F2N4O2.HI/c1-4-31-22-14-18(10-11-21(22)32-23(25)26)16-28-24(27-3)29-17(2)19-8-7-9-20(15-19)30-12-5-6-13-30;/h7-11,14-15,17,23H,4-6,12-13,16H2,1-3H3,(H2,27,28,29);1H. The number of aliphatic imine (C=N–C) groups is 1. The highest BCUT2D eigenvalue weighted by atomic mass is 127. The number of nitrogens with zero attached hydrogens (tertiary/aromatic N) is 2. The van der Waals surface area contributed by atoms with Gasteiger partial charge in [0, 0.05) is 32.4 Å². The average molecular weight is 574 g/mol. The molecule has 1 heterocycles. The van der Waals surface area contributed by atoms with Gasteiger partial charge in [0.2, 0.25) is 0 Å². The van der Waals surface area contributed by atoms with Crippen LogP contribution in [0.15, 0.2) is 47.5 Å². The van der Waals surface area contributed by atoms with Crippen LogP contribution in [0.5, 0.6) is 11.5 Å². The molecule has 182 valence electrons. The Morgan fingerprint density at radius 3 is 2.55 bits per heavy atom. The Morgan fingerprint density at radius 1 is 1.12 bits per heavy atom. The van der Waals surface area contributed by atoms with Crippen molar-refractivity contribution in [3.8, 4) is 11.5 Å². The highest BCUT2D eigenvalue weighted by Gasteiger charge is 2.15. The van der Waals surface area contributed by atoms with Crippen LogP contribution in [0.2, 0.25) is 0 Å².